The predicted octanol–water partition coefficient (Wildman–Crippen LogP) is 5.46. The summed E-state index contributed by atoms with van der Waals surface area (Å²) in [6, 6.07) is 8.75. The Morgan fingerprint density at radius 1 is 1.17 bits per heavy atom. The quantitative estimate of drug-likeness (QED) is 0.635. The number of H-pyrrole nitrogens is 1. The molecule has 5 heteroatoms. The van der Waals surface area contributed by atoms with Crippen molar-refractivity contribution >= 4 is 12.2 Å². The highest BCUT2D eigenvalue weighted by atomic mass is 32.1. The summed E-state index contributed by atoms with van der Waals surface area (Å²) in [4.78, 5) is 16.4. The molecule has 2 heterocycles. The van der Waals surface area contributed by atoms with E-state index in [1.165, 1.54) is 48.8 Å². The Labute approximate surface area is 177 Å². The predicted molar refractivity (Wildman–Crippen MR) is 118 cm³/mol. The SMILES string of the molecule is CC1(C)CC(n2c(=O)[nH]c3c(c2=S)CC2(CCCCC2)c2ccccc2-3)CCO1. The number of benzene rings is 1. The van der Waals surface area contributed by atoms with Gasteiger partial charge in [0.15, 0.2) is 0 Å². The van der Waals surface area contributed by atoms with Gasteiger partial charge in [-0.2, -0.15) is 0 Å². The van der Waals surface area contributed by atoms with Gasteiger partial charge in [-0.15, -0.1) is 0 Å². The molecule has 0 bridgehead atoms. The molecule has 1 N–H and O–H groups in total. The molecular weight excluding hydrogens is 380 g/mol. The van der Waals surface area contributed by atoms with Gasteiger partial charge in [-0.1, -0.05) is 55.7 Å². The maximum Gasteiger partial charge on any atom is 0.327 e. The van der Waals surface area contributed by atoms with Crippen molar-refractivity contribution in [2.75, 3.05) is 6.61 Å². The van der Waals surface area contributed by atoms with Crippen LogP contribution in [0.4, 0.5) is 0 Å². The Bertz CT molecular complexity index is 1060. The maximum atomic E-state index is 13.2. The first-order valence-electron chi connectivity index (χ1n) is 11.0. The van der Waals surface area contributed by atoms with E-state index in [0.717, 1.165) is 29.6 Å². The van der Waals surface area contributed by atoms with E-state index in [9.17, 15) is 4.79 Å². The Kier molecular flexibility index (Phi) is 4.59. The molecule has 4 nitrogen and oxygen atoms in total. The third-order valence-electron chi connectivity index (χ3n) is 7.36. The van der Waals surface area contributed by atoms with Gasteiger partial charge < -0.3 is 9.72 Å². The summed E-state index contributed by atoms with van der Waals surface area (Å²) in [5, 5.41) is 0. The largest absolute Gasteiger partial charge is 0.375 e. The number of aromatic nitrogens is 2. The number of rotatable bonds is 1. The molecule has 29 heavy (non-hydrogen) atoms. The molecule has 1 spiro atoms. The van der Waals surface area contributed by atoms with Crippen molar-refractivity contribution in [3.05, 3.63) is 50.5 Å². The molecular formula is C24H30N2O2S. The topological polar surface area (TPSA) is 47.0 Å². The van der Waals surface area contributed by atoms with Gasteiger partial charge in [-0.05, 0) is 51.5 Å². The van der Waals surface area contributed by atoms with Crippen molar-refractivity contribution in [1.29, 1.82) is 0 Å². The minimum absolute atomic E-state index is 0.0779. The lowest BCUT2D eigenvalue weighted by Gasteiger charge is -2.43. The van der Waals surface area contributed by atoms with E-state index in [0.29, 0.717) is 6.61 Å². The minimum Gasteiger partial charge on any atom is -0.375 e. The highest BCUT2D eigenvalue weighted by Gasteiger charge is 2.41. The van der Waals surface area contributed by atoms with Gasteiger partial charge in [-0.3, -0.25) is 4.57 Å². The van der Waals surface area contributed by atoms with Crippen LogP contribution in [0.1, 0.15) is 76.0 Å². The highest BCUT2D eigenvalue weighted by Crippen LogP contribution is 2.50. The van der Waals surface area contributed by atoms with Crippen molar-refractivity contribution < 1.29 is 4.74 Å². The van der Waals surface area contributed by atoms with Crippen LogP contribution in [0.25, 0.3) is 11.3 Å². The average molecular weight is 411 g/mol. The summed E-state index contributed by atoms with van der Waals surface area (Å²) >= 11 is 6.01. The summed E-state index contributed by atoms with van der Waals surface area (Å²) < 4.78 is 8.49. The van der Waals surface area contributed by atoms with Gasteiger partial charge in [-0.25, -0.2) is 4.79 Å². The molecule has 0 amide bonds. The van der Waals surface area contributed by atoms with Crippen LogP contribution in [0.5, 0.6) is 0 Å². The zero-order valence-electron chi connectivity index (χ0n) is 17.4. The lowest BCUT2D eigenvalue weighted by molar-refractivity contribution is -0.0699. The van der Waals surface area contributed by atoms with E-state index < -0.39 is 0 Å². The molecule has 0 radical (unpaired) electrons. The molecule has 1 unspecified atom stereocenters. The normalized spacial score (nSPS) is 24.7. The van der Waals surface area contributed by atoms with Crippen LogP contribution in [-0.2, 0) is 16.6 Å². The molecule has 1 saturated heterocycles. The molecule has 1 aromatic carbocycles. The van der Waals surface area contributed by atoms with Gasteiger partial charge >= 0.3 is 5.69 Å². The number of ether oxygens (including phenoxy) is 1. The summed E-state index contributed by atoms with van der Waals surface area (Å²) in [5.41, 5.74) is 4.57. The van der Waals surface area contributed by atoms with Gasteiger partial charge in [0.2, 0.25) is 0 Å². The third kappa shape index (κ3) is 3.14. The Hall–Kier alpha value is -1.72. The van der Waals surface area contributed by atoms with E-state index in [4.69, 9.17) is 17.0 Å². The van der Waals surface area contributed by atoms with Crippen molar-refractivity contribution in [3.63, 3.8) is 0 Å². The minimum atomic E-state index is -0.225. The van der Waals surface area contributed by atoms with Crippen LogP contribution in [-0.4, -0.2) is 21.8 Å². The van der Waals surface area contributed by atoms with Crippen molar-refractivity contribution in [2.24, 2.45) is 0 Å². The summed E-state index contributed by atoms with van der Waals surface area (Å²) in [6.07, 6.45) is 8.87. The second-order valence-corrected chi connectivity index (χ2v) is 10.2. The molecule has 1 aliphatic heterocycles. The fourth-order valence-electron chi connectivity index (χ4n) is 6.00. The molecule has 1 saturated carbocycles. The molecule has 3 aliphatic rings. The number of nitrogens with zero attached hydrogens (tertiary/aromatic N) is 1. The lowest BCUT2D eigenvalue weighted by Crippen LogP contribution is -2.41. The highest BCUT2D eigenvalue weighted by molar-refractivity contribution is 7.71. The van der Waals surface area contributed by atoms with Crippen LogP contribution >= 0.6 is 12.2 Å². The van der Waals surface area contributed by atoms with Gasteiger partial charge in [0.25, 0.3) is 0 Å². The number of fused-ring (bicyclic) bond motifs is 4. The average Bonchev–Trinajstić information content (AvgIpc) is 2.70. The first-order valence-corrected chi connectivity index (χ1v) is 11.4. The number of hydrogen-bond acceptors (Lipinski definition) is 3. The van der Waals surface area contributed by atoms with Crippen LogP contribution in [0.2, 0.25) is 0 Å². The van der Waals surface area contributed by atoms with Crippen molar-refractivity contribution in [3.8, 4) is 11.3 Å². The molecule has 2 aliphatic carbocycles. The van der Waals surface area contributed by atoms with E-state index >= 15 is 0 Å². The number of hydrogen-bond donors (Lipinski definition) is 1. The summed E-state index contributed by atoms with van der Waals surface area (Å²) in [5.74, 6) is 0. The van der Waals surface area contributed by atoms with Crippen molar-refractivity contribution in [2.45, 2.75) is 82.3 Å². The zero-order chi connectivity index (χ0) is 20.2. The summed E-state index contributed by atoms with van der Waals surface area (Å²) in [6.45, 7) is 4.87. The molecule has 5 rings (SSSR count). The zero-order valence-corrected chi connectivity index (χ0v) is 18.2. The van der Waals surface area contributed by atoms with Crippen LogP contribution in [0.15, 0.2) is 29.1 Å². The maximum absolute atomic E-state index is 13.2. The smallest absolute Gasteiger partial charge is 0.327 e. The van der Waals surface area contributed by atoms with Crippen LogP contribution < -0.4 is 5.69 Å². The fourth-order valence-corrected chi connectivity index (χ4v) is 6.41. The van der Waals surface area contributed by atoms with Crippen molar-refractivity contribution in [1.82, 2.24) is 9.55 Å². The monoisotopic (exact) mass is 410 g/mol. The number of nitrogens with one attached hydrogen (secondary N) is 1. The molecule has 1 atom stereocenters. The van der Waals surface area contributed by atoms with E-state index in [1.54, 1.807) is 0 Å². The van der Waals surface area contributed by atoms with Gasteiger partial charge in [0.05, 0.1) is 11.3 Å². The lowest BCUT2D eigenvalue weighted by atomic mass is 9.62. The first-order chi connectivity index (χ1) is 13.9. The second kappa shape index (κ2) is 6.92. The van der Waals surface area contributed by atoms with E-state index in [1.807, 2.05) is 4.57 Å². The van der Waals surface area contributed by atoms with Crippen LogP contribution in [0.3, 0.4) is 0 Å². The molecule has 1 aromatic heterocycles. The Balaban J connectivity index is 1.68. The van der Waals surface area contributed by atoms with Gasteiger partial charge in [0, 0.05) is 29.2 Å². The van der Waals surface area contributed by atoms with Gasteiger partial charge in [0.1, 0.15) is 4.64 Å². The van der Waals surface area contributed by atoms with E-state index in [2.05, 4.69) is 43.1 Å². The first kappa shape index (κ1) is 19.3. The third-order valence-corrected chi connectivity index (χ3v) is 7.80. The molecule has 2 fully saturated rings. The number of aromatic amines is 1. The molecule has 2 aromatic rings. The Morgan fingerprint density at radius 3 is 2.69 bits per heavy atom. The molecule has 154 valence electrons. The van der Waals surface area contributed by atoms with E-state index in [-0.39, 0.29) is 22.7 Å². The second-order valence-electron chi connectivity index (χ2n) is 9.78. The standard InChI is InChI=1S/C24H30N2O2S/c1-23(2)14-16(10-13-28-23)26-21(29)18-15-24(11-6-3-7-12-24)19-9-5-4-8-17(19)20(18)25-22(26)27/h4-5,8-9,16H,3,6-7,10-15H2,1-2H3,(H,25,27). The summed E-state index contributed by atoms with van der Waals surface area (Å²) in [7, 11) is 0. The Morgan fingerprint density at radius 2 is 1.93 bits per heavy atom. The van der Waals surface area contributed by atoms with Crippen LogP contribution in [0, 0.1) is 4.64 Å². The fraction of sp³-hybridized carbons (Fsp3) is 0.583.